The van der Waals surface area contributed by atoms with Gasteiger partial charge < -0.3 is 10.0 Å². The van der Waals surface area contributed by atoms with Crippen LogP contribution in [0.15, 0.2) is 35.2 Å². The van der Waals surface area contributed by atoms with Crippen molar-refractivity contribution in [2.45, 2.75) is 18.2 Å². The minimum Gasteiger partial charge on any atom is -0.481 e. The summed E-state index contributed by atoms with van der Waals surface area (Å²) in [5.41, 5.74) is 0. The minimum absolute atomic E-state index is 0.0400. The van der Waals surface area contributed by atoms with Crippen LogP contribution in [0.1, 0.15) is 13.3 Å². The Bertz CT molecular complexity index is 477. The maximum absolute atomic E-state index is 12.1. The van der Waals surface area contributed by atoms with Crippen LogP contribution in [0, 0.1) is 11.8 Å². The number of nitrogens with zero attached hydrogens (tertiary/aromatic N) is 1. The van der Waals surface area contributed by atoms with E-state index in [4.69, 9.17) is 5.11 Å². The van der Waals surface area contributed by atoms with Crippen LogP contribution in [0.25, 0.3) is 0 Å². The van der Waals surface area contributed by atoms with Gasteiger partial charge in [-0.15, -0.1) is 11.8 Å². The Balaban J connectivity index is 1.77. The highest BCUT2D eigenvalue weighted by atomic mass is 32.2. The van der Waals surface area contributed by atoms with Crippen LogP contribution >= 0.6 is 11.8 Å². The number of hydrogen-bond acceptors (Lipinski definition) is 3. The van der Waals surface area contributed by atoms with E-state index in [2.05, 4.69) is 0 Å². The van der Waals surface area contributed by atoms with Crippen molar-refractivity contribution in [3.8, 4) is 0 Å². The standard InChI is InChI=1S/C15H19NO3S/c1-11-9-16(10-13(11)15(18)19)14(17)7-8-20-12-5-3-2-4-6-12/h2-6,11,13H,7-10H2,1H3,(H,18,19)/t11-,13-/m1/s1. The summed E-state index contributed by atoms with van der Waals surface area (Å²) in [7, 11) is 0. The van der Waals surface area contributed by atoms with E-state index in [9.17, 15) is 9.59 Å². The number of hydrogen-bond donors (Lipinski definition) is 1. The van der Waals surface area contributed by atoms with E-state index in [-0.39, 0.29) is 11.8 Å². The lowest BCUT2D eigenvalue weighted by Crippen LogP contribution is -2.30. The van der Waals surface area contributed by atoms with Crippen LogP contribution in [0.2, 0.25) is 0 Å². The number of amides is 1. The van der Waals surface area contributed by atoms with Crippen LogP contribution < -0.4 is 0 Å². The molecule has 1 saturated heterocycles. The summed E-state index contributed by atoms with van der Waals surface area (Å²) in [6, 6.07) is 9.96. The molecule has 1 aliphatic heterocycles. The van der Waals surface area contributed by atoms with E-state index in [1.54, 1.807) is 16.7 Å². The van der Waals surface area contributed by atoms with Gasteiger partial charge in [0.05, 0.1) is 5.92 Å². The fourth-order valence-electron chi connectivity index (χ4n) is 2.42. The second-order valence-electron chi connectivity index (χ2n) is 5.13. The first-order chi connectivity index (χ1) is 9.58. The Morgan fingerprint density at radius 2 is 2.00 bits per heavy atom. The highest BCUT2D eigenvalue weighted by Gasteiger charge is 2.36. The summed E-state index contributed by atoms with van der Waals surface area (Å²) in [5.74, 6) is -0.389. The van der Waals surface area contributed by atoms with E-state index in [0.717, 1.165) is 10.6 Å². The molecule has 20 heavy (non-hydrogen) atoms. The molecule has 1 aromatic carbocycles. The number of carboxylic acid groups (broad SMARTS) is 1. The quantitative estimate of drug-likeness (QED) is 0.847. The molecular formula is C15H19NO3S. The largest absolute Gasteiger partial charge is 0.481 e. The molecule has 1 fully saturated rings. The van der Waals surface area contributed by atoms with Gasteiger partial charge in [-0.1, -0.05) is 25.1 Å². The monoisotopic (exact) mass is 293 g/mol. The van der Waals surface area contributed by atoms with Crippen LogP contribution in [-0.2, 0) is 9.59 Å². The Morgan fingerprint density at radius 1 is 1.30 bits per heavy atom. The lowest BCUT2D eigenvalue weighted by Gasteiger charge is -2.15. The second kappa shape index (κ2) is 6.79. The molecule has 2 rings (SSSR count). The smallest absolute Gasteiger partial charge is 0.308 e. The van der Waals surface area contributed by atoms with E-state index < -0.39 is 11.9 Å². The van der Waals surface area contributed by atoms with Crippen molar-refractivity contribution in [1.82, 2.24) is 4.90 Å². The number of carbonyl (C=O) groups excluding carboxylic acids is 1. The molecule has 1 heterocycles. The zero-order valence-electron chi connectivity index (χ0n) is 11.5. The van der Waals surface area contributed by atoms with Crippen molar-refractivity contribution >= 4 is 23.6 Å². The molecule has 0 saturated carbocycles. The van der Waals surface area contributed by atoms with E-state index >= 15 is 0 Å². The van der Waals surface area contributed by atoms with Gasteiger partial charge in [-0.05, 0) is 18.1 Å². The normalized spacial score (nSPS) is 21.9. The third-order valence-corrected chi connectivity index (χ3v) is 4.62. The van der Waals surface area contributed by atoms with Crippen LogP contribution in [0.5, 0.6) is 0 Å². The summed E-state index contributed by atoms with van der Waals surface area (Å²) in [4.78, 5) is 25.9. The second-order valence-corrected chi connectivity index (χ2v) is 6.30. The Labute approximate surface area is 123 Å². The molecule has 1 N–H and O–H groups in total. The number of thioether (sulfide) groups is 1. The van der Waals surface area contributed by atoms with Crippen molar-refractivity contribution in [1.29, 1.82) is 0 Å². The third-order valence-electron chi connectivity index (χ3n) is 3.61. The van der Waals surface area contributed by atoms with Crippen molar-refractivity contribution in [3.63, 3.8) is 0 Å². The van der Waals surface area contributed by atoms with Crippen molar-refractivity contribution in [2.24, 2.45) is 11.8 Å². The highest BCUT2D eigenvalue weighted by Crippen LogP contribution is 2.24. The first-order valence-corrected chi connectivity index (χ1v) is 7.75. The van der Waals surface area contributed by atoms with Gasteiger partial charge in [-0.25, -0.2) is 0 Å². The maximum atomic E-state index is 12.1. The van der Waals surface area contributed by atoms with Gasteiger partial charge >= 0.3 is 5.97 Å². The van der Waals surface area contributed by atoms with Gasteiger partial charge in [0.15, 0.2) is 0 Å². The predicted octanol–water partition coefficient (Wildman–Crippen LogP) is 2.35. The highest BCUT2D eigenvalue weighted by molar-refractivity contribution is 7.99. The molecule has 0 aromatic heterocycles. The summed E-state index contributed by atoms with van der Waals surface area (Å²) in [5, 5.41) is 9.07. The summed E-state index contributed by atoms with van der Waals surface area (Å²) in [6.45, 7) is 2.81. The molecule has 0 bridgehead atoms. The molecule has 5 heteroatoms. The number of carboxylic acids is 1. The molecular weight excluding hydrogens is 274 g/mol. The molecule has 0 aliphatic carbocycles. The van der Waals surface area contributed by atoms with Gasteiger partial charge in [-0.2, -0.15) is 0 Å². The number of aliphatic carboxylic acids is 1. The lowest BCUT2D eigenvalue weighted by molar-refractivity contribution is -0.142. The fraction of sp³-hybridized carbons (Fsp3) is 0.467. The molecule has 0 radical (unpaired) electrons. The Morgan fingerprint density at radius 3 is 2.60 bits per heavy atom. The number of carbonyl (C=O) groups is 2. The Kier molecular flexibility index (Phi) is 5.06. The molecule has 0 spiro atoms. The van der Waals surface area contributed by atoms with Gasteiger partial charge in [0.2, 0.25) is 5.91 Å². The lowest BCUT2D eigenvalue weighted by atomic mass is 9.99. The molecule has 1 aromatic rings. The third kappa shape index (κ3) is 3.76. The number of rotatable bonds is 5. The minimum atomic E-state index is -0.800. The van der Waals surface area contributed by atoms with E-state index in [1.807, 2.05) is 37.3 Å². The van der Waals surface area contributed by atoms with Crippen molar-refractivity contribution in [3.05, 3.63) is 30.3 Å². The molecule has 1 amide bonds. The van der Waals surface area contributed by atoms with Gasteiger partial charge in [0, 0.05) is 30.2 Å². The van der Waals surface area contributed by atoms with Crippen LogP contribution in [0.4, 0.5) is 0 Å². The average molecular weight is 293 g/mol. The first kappa shape index (κ1) is 14.9. The predicted molar refractivity (Wildman–Crippen MR) is 78.7 cm³/mol. The van der Waals surface area contributed by atoms with Gasteiger partial charge in [0.25, 0.3) is 0 Å². The average Bonchev–Trinajstić information content (AvgIpc) is 2.82. The van der Waals surface area contributed by atoms with E-state index in [0.29, 0.717) is 19.5 Å². The van der Waals surface area contributed by atoms with Crippen LogP contribution in [0.3, 0.4) is 0 Å². The molecule has 4 nitrogen and oxygen atoms in total. The van der Waals surface area contributed by atoms with Crippen molar-refractivity contribution in [2.75, 3.05) is 18.8 Å². The zero-order chi connectivity index (χ0) is 14.5. The fourth-order valence-corrected chi connectivity index (χ4v) is 3.28. The molecule has 0 unspecified atom stereocenters. The number of benzene rings is 1. The molecule has 2 atom stereocenters. The zero-order valence-corrected chi connectivity index (χ0v) is 12.3. The summed E-state index contributed by atoms with van der Waals surface area (Å²) in [6.07, 6.45) is 0.457. The Hall–Kier alpha value is -1.49. The van der Waals surface area contributed by atoms with Crippen LogP contribution in [-0.4, -0.2) is 40.7 Å². The number of likely N-dealkylation sites (tertiary alicyclic amines) is 1. The van der Waals surface area contributed by atoms with Gasteiger partial charge in [0.1, 0.15) is 0 Å². The molecule has 108 valence electrons. The molecule has 1 aliphatic rings. The summed E-state index contributed by atoms with van der Waals surface area (Å²) < 4.78 is 0. The van der Waals surface area contributed by atoms with E-state index in [1.165, 1.54) is 0 Å². The van der Waals surface area contributed by atoms with Gasteiger partial charge in [-0.3, -0.25) is 9.59 Å². The maximum Gasteiger partial charge on any atom is 0.308 e. The topological polar surface area (TPSA) is 57.6 Å². The summed E-state index contributed by atoms with van der Waals surface area (Å²) >= 11 is 1.65. The van der Waals surface area contributed by atoms with Crippen molar-refractivity contribution < 1.29 is 14.7 Å². The SMILES string of the molecule is C[C@@H]1CN(C(=O)CCSc2ccccc2)C[C@H]1C(=O)O. The first-order valence-electron chi connectivity index (χ1n) is 6.76.